The first-order valence-electron chi connectivity index (χ1n) is 8.91. The van der Waals surface area contributed by atoms with Crippen molar-refractivity contribution in [3.63, 3.8) is 0 Å². The molecule has 1 fully saturated rings. The maximum Gasteiger partial charge on any atom is 0.417 e. The summed E-state index contributed by atoms with van der Waals surface area (Å²) in [5, 5.41) is 14.3. The van der Waals surface area contributed by atoms with Crippen molar-refractivity contribution in [2.24, 2.45) is 7.05 Å². The number of carbonyl (C=O) groups is 1. The number of hydrogen-bond acceptors (Lipinski definition) is 3. The van der Waals surface area contributed by atoms with Crippen molar-refractivity contribution >= 4 is 28.5 Å². The predicted octanol–water partition coefficient (Wildman–Crippen LogP) is 4.54. The van der Waals surface area contributed by atoms with Gasteiger partial charge in [-0.05, 0) is 29.8 Å². The van der Waals surface area contributed by atoms with E-state index in [1.807, 2.05) is 4.90 Å². The smallest absolute Gasteiger partial charge is 0.417 e. The van der Waals surface area contributed by atoms with Gasteiger partial charge in [-0.1, -0.05) is 23.7 Å². The molecule has 5 nitrogen and oxygen atoms in total. The van der Waals surface area contributed by atoms with E-state index in [0.29, 0.717) is 25.2 Å². The van der Waals surface area contributed by atoms with Crippen LogP contribution in [0.3, 0.4) is 0 Å². The standard InChI is InChI=1S/C20H17ClF3N3O2/c1-26-17-7-12(19(28)29)3-4-14(17)18(25-26)13-9-27(10-13)8-11-2-5-16(21)15(6-11)20(22,23)24/h2-7,13H,8-10H2,1H3,(H,28,29). The van der Waals surface area contributed by atoms with Gasteiger partial charge in [0.2, 0.25) is 0 Å². The van der Waals surface area contributed by atoms with Gasteiger partial charge >= 0.3 is 12.1 Å². The number of hydrogen-bond donors (Lipinski definition) is 1. The molecule has 0 radical (unpaired) electrons. The Hall–Kier alpha value is -2.58. The fraction of sp³-hybridized carbons (Fsp3) is 0.300. The molecule has 0 spiro atoms. The van der Waals surface area contributed by atoms with Gasteiger partial charge in [-0.25, -0.2) is 4.79 Å². The van der Waals surface area contributed by atoms with Crippen molar-refractivity contribution in [2.45, 2.75) is 18.6 Å². The van der Waals surface area contributed by atoms with Crippen LogP contribution in [0, 0.1) is 0 Å². The summed E-state index contributed by atoms with van der Waals surface area (Å²) >= 11 is 5.68. The lowest BCUT2D eigenvalue weighted by Crippen LogP contribution is -2.44. The van der Waals surface area contributed by atoms with Crippen molar-refractivity contribution in [2.75, 3.05) is 13.1 Å². The molecule has 1 aromatic heterocycles. The number of alkyl halides is 3. The zero-order chi connectivity index (χ0) is 20.9. The molecule has 1 N–H and O–H groups in total. The van der Waals surface area contributed by atoms with Crippen LogP contribution in [0.2, 0.25) is 5.02 Å². The van der Waals surface area contributed by atoms with Crippen LogP contribution in [0.25, 0.3) is 10.9 Å². The molecule has 1 saturated heterocycles. The summed E-state index contributed by atoms with van der Waals surface area (Å²) in [6.07, 6.45) is -4.48. The van der Waals surface area contributed by atoms with E-state index < -0.39 is 17.7 Å². The van der Waals surface area contributed by atoms with Crippen molar-refractivity contribution in [3.8, 4) is 0 Å². The number of aromatic carboxylic acids is 1. The molecule has 0 aliphatic carbocycles. The number of nitrogens with zero attached hydrogens (tertiary/aromatic N) is 3. The summed E-state index contributed by atoms with van der Waals surface area (Å²) in [7, 11) is 1.76. The first-order valence-corrected chi connectivity index (χ1v) is 9.29. The van der Waals surface area contributed by atoms with E-state index in [4.69, 9.17) is 16.7 Å². The second-order valence-electron chi connectivity index (χ2n) is 7.25. The summed E-state index contributed by atoms with van der Waals surface area (Å²) in [6.45, 7) is 1.72. The first-order chi connectivity index (χ1) is 13.6. The lowest BCUT2D eigenvalue weighted by Gasteiger charge is -2.38. The molecule has 29 heavy (non-hydrogen) atoms. The lowest BCUT2D eigenvalue weighted by atomic mass is 9.93. The number of benzene rings is 2. The topological polar surface area (TPSA) is 58.4 Å². The zero-order valence-corrected chi connectivity index (χ0v) is 16.1. The van der Waals surface area contributed by atoms with E-state index in [-0.39, 0.29) is 16.5 Å². The van der Waals surface area contributed by atoms with Gasteiger partial charge in [0, 0.05) is 38.0 Å². The Kier molecular flexibility index (Phi) is 4.78. The monoisotopic (exact) mass is 423 g/mol. The third kappa shape index (κ3) is 3.70. The largest absolute Gasteiger partial charge is 0.478 e. The molecule has 152 valence electrons. The SMILES string of the molecule is Cn1nc(C2CN(Cc3ccc(Cl)c(C(F)(F)F)c3)C2)c2ccc(C(=O)O)cc21. The number of likely N-dealkylation sites (tertiary alicyclic amines) is 1. The summed E-state index contributed by atoms with van der Waals surface area (Å²) < 4.78 is 40.7. The molecule has 3 aromatic rings. The van der Waals surface area contributed by atoms with E-state index in [1.165, 1.54) is 6.07 Å². The van der Waals surface area contributed by atoms with Crippen LogP contribution in [-0.4, -0.2) is 38.8 Å². The number of aryl methyl sites for hydroxylation is 1. The van der Waals surface area contributed by atoms with Crippen LogP contribution in [0.4, 0.5) is 13.2 Å². The third-order valence-corrected chi connectivity index (χ3v) is 5.54. The lowest BCUT2D eigenvalue weighted by molar-refractivity contribution is -0.137. The van der Waals surface area contributed by atoms with E-state index in [1.54, 1.807) is 36.0 Å². The van der Waals surface area contributed by atoms with Crippen molar-refractivity contribution in [1.29, 1.82) is 0 Å². The quantitative estimate of drug-likeness (QED) is 0.669. The minimum atomic E-state index is -4.48. The summed E-state index contributed by atoms with van der Waals surface area (Å²) in [4.78, 5) is 13.2. The minimum absolute atomic E-state index is 0.142. The molecule has 0 atom stereocenters. The van der Waals surface area contributed by atoms with Crippen LogP contribution >= 0.6 is 11.6 Å². The van der Waals surface area contributed by atoms with Gasteiger partial charge in [-0.3, -0.25) is 9.58 Å². The second-order valence-corrected chi connectivity index (χ2v) is 7.66. The fourth-order valence-corrected chi connectivity index (χ4v) is 3.96. The van der Waals surface area contributed by atoms with Crippen LogP contribution in [0.5, 0.6) is 0 Å². The Morgan fingerprint density at radius 1 is 1.24 bits per heavy atom. The zero-order valence-electron chi connectivity index (χ0n) is 15.4. The van der Waals surface area contributed by atoms with Crippen LogP contribution in [0.1, 0.15) is 33.1 Å². The van der Waals surface area contributed by atoms with Crippen LogP contribution in [-0.2, 0) is 19.8 Å². The van der Waals surface area contributed by atoms with Gasteiger partial charge in [0.05, 0.1) is 27.4 Å². The second kappa shape index (κ2) is 7.03. The van der Waals surface area contributed by atoms with Gasteiger partial charge in [0.1, 0.15) is 0 Å². The Balaban J connectivity index is 1.49. The molecule has 4 rings (SSSR count). The maximum absolute atomic E-state index is 13.0. The summed E-state index contributed by atoms with van der Waals surface area (Å²) in [6, 6.07) is 8.89. The average molecular weight is 424 g/mol. The Morgan fingerprint density at radius 3 is 2.62 bits per heavy atom. The van der Waals surface area contributed by atoms with Gasteiger partial charge in [-0.15, -0.1) is 0 Å². The molecule has 2 aromatic carbocycles. The normalized spacial score (nSPS) is 15.6. The number of aromatic nitrogens is 2. The minimum Gasteiger partial charge on any atom is -0.478 e. The molecule has 1 aliphatic heterocycles. The summed E-state index contributed by atoms with van der Waals surface area (Å²) in [5.41, 5.74) is 1.55. The van der Waals surface area contributed by atoms with Gasteiger partial charge in [0.25, 0.3) is 0 Å². The molecular weight excluding hydrogens is 407 g/mol. The van der Waals surface area contributed by atoms with Gasteiger partial charge in [-0.2, -0.15) is 18.3 Å². The summed E-state index contributed by atoms with van der Waals surface area (Å²) in [5.74, 6) is -0.852. The predicted molar refractivity (Wildman–Crippen MR) is 102 cm³/mol. The highest BCUT2D eigenvalue weighted by Crippen LogP contribution is 2.37. The molecule has 9 heteroatoms. The van der Waals surface area contributed by atoms with E-state index in [9.17, 15) is 18.0 Å². The van der Waals surface area contributed by atoms with Crippen molar-refractivity contribution in [3.05, 3.63) is 63.8 Å². The molecule has 2 heterocycles. The van der Waals surface area contributed by atoms with Crippen LogP contribution < -0.4 is 0 Å². The highest BCUT2D eigenvalue weighted by molar-refractivity contribution is 6.31. The third-order valence-electron chi connectivity index (χ3n) is 5.21. The molecule has 0 amide bonds. The van der Waals surface area contributed by atoms with Crippen molar-refractivity contribution in [1.82, 2.24) is 14.7 Å². The van der Waals surface area contributed by atoms with E-state index >= 15 is 0 Å². The average Bonchev–Trinajstić information content (AvgIpc) is 2.94. The molecule has 0 unspecified atom stereocenters. The molecule has 0 bridgehead atoms. The van der Waals surface area contributed by atoms with Crippen molar-refractivity contribution < 1.29 is 23.1 Å². The number of carboxylic acids is 1. The highest BCUT2D eigenvalue weighted by atomic mass is 35.5. The molecule has 0 saturated carbocycles. The molecular formula is C20H17ClF3N3O2. The van der Waals surface area contributed by atoms with E-state index in [2.05, 4.69) is 5.10 Å². The Bertz CT molecular complexity index is 1100. The fourth-order valence-electron chi connectivity index (χ4n) is 3.74. The van der Waals surface area contributed by atoms with E-state index in [0.717, 1.165) is 22.7 Å². The molecule has 1 aliphatic rings. The Morgan fingerprint density at radius 2 is 1.97 bits per heavy atom. The first kappa shape index (κ1) is 19.7. The van der Waals surface area contributed by atoms with Gasteiger partial charge in [0.15, 0.2) is 0 Å². The number of rotatable bonds is 4. The number of carboxylic acid groups (broad SMARTS) is 1. The van der Waals surface area contributed by atoms with Gasteiger partial charge < -0.3 is 5.11 Å². The number of halogens is 4. The Labute approximate surface area is 169 Å². The highest BCUT2D eigenvalue weighted by Gasteiger charge is 2.35. The number of fused-ring (bicyclic) bond motifs is 1. The maximum atomic E-state index is 13.0. The van der Waals surface area contributed by atoms with Crippen LogP contribution in [0.15, 0.2) is 36.4 Å².